The molecule has 10 nitrogen and oxygen atoms in total. The van der Waals surface area contributed by atoms with Crippen molar-refractivity contribution in [1.82, 2.24) is 14.9 Å². The Morgan fingerprint density at radius 3 is 2.82 bits per heavy atom. The first kappa shape index (κ1) is 23.7. The van der Waals surface area contributed by atoms with E-state index in [4.69, 9.17) is 9.47 Å². The van der Waals surface area contributed by atoms with E-state index in [1.54, 1.807) is 6.07 Å². The summed E-state index contributed by atoms with van der Waals surface area (Å²) in [6, 6.07) is 4.16. The quantitative estimate of drug-likeness (QED) is 0.336. The van der Waals surface area contributed by atoms with Crippen LogP contribution >= 0.6 is 11.8 Å². The molecule has 3 heterocycles. The third-order valence-electron chi connectivity index (χ3n) is 5.68. The number of ether oxygens (including phenoxy) is 2. The summed E-state index contributed by atoms with van der Waals surface area (Å²) >= 11 is 1.09. The second-order valence-corrected chi connectivity index (χ2v) is 11.3. The maximum atomic E-state index is 13.3. The van der Waals surface area contributed by atoms with Gasteiger partial charge in [-0.1, -0.05) is 11.8 Å². The van der Waals surface area contributed by atoms with Crippen molar-refractivity contribution in [2.75, 3.05) is 31.0 Å². The van der Waals surface area contributed by atoms with Gasteiger partial charge in [-0.05, 0) is 37.5 Å². The Kier molecular flexibility index (Phi) is 7.05. The minimum Gasteiger partial charge on any atom is -0.465 e. The highest BCUT2D eigenvalue weighted by Crippen LogP contribution is 2.22. The topological polar surface area (TPSA) is 134 Å². The molecule has 0 radical (unpaired) electrons. The van der Waals surface area contributed by atoms with Crippen LogP contribution in [-0.2, 0) is 30.7 Å². The van der Waals surface area contributed by atoms with E-state index in [9.17, 15) is 22.8 Å². The van der Waals surface area contributed by atoms with Crippen LogP contribution in [0.2, 0.25) is 0 Å². The standard InChI is InChI=1S/C21H25N3O7S2/c1-30-20(27)13-4-5-16-17(9-13)23-21(24(19(16)26)10-15-3-2-7-31-15)32-11-18(25)22-14-6-8-33(28,29)12-14/h4-5,9,14-15H,2-3,6-8,10-12H2,1H3,(H,22,25)/t14-,15+/m0/s1. The number of carbonyl (C=O) groups is 2. The predicted molar refractivity (Wildman–Crippen MR) is 122 cm³/mol. The molecular formula is C21H25N3O7S2. The van der Waals surface area contributed by atoms with Crippen molar-refractivity contribution in [1.29, 1.82) is 0 Å². The predicted octanol–water partition coefficient (Wildman–Crippen LogP) is 0.758. The number of nitrogens with zero attached hydrogens (tertiary/aromatic N) is 2. The summed E-state index contributed by atoms with van der Waals surface area (Å²) < 4.78 is 35.2. The second kappa shape index (κ2) is 9.82. The van der Waals surface area contributed by atoms with E-state index in [1.165, 1.54) is 23.8 Å². The van der Waals surface area contributed by atoms with E-state index < -0.39 is 21.8 Å². The smallest absolute Gasteiger partial charge is 0.337 e. The second-order valence-electron chi connectivity index (χ2n) is 8.12. The Morgan fingerprint density at radius 2 is 2.15 bits per heavy atom. The first-order valence-electron chi connectivity index (χ1n) is 10.6. The number of hydrogen-bond acceptors (Lipinski definition) is 9. The van der Waals surface area contributed by atoms with Crippen LogP contribution in [0.4, 0.5) is 0 Å². The van der Waals surface area contributed by atoms with Gasteiger partial charge in [-0.2, -0.15) is 0 Å². The monoisotopic (exact) mass is 495 g/mol. The number of rotatable bonds is 7. The number of amides is 1. The van der Waals surface area contributed by atoms with Crippen molar-refractivity contribution in [3.63, 3.8) is 0 Å². The molecule has 0 aliphatic carbocycles. The van der Waals surface area contributed by atoms with Gasteiger partial charge in [0.2, 0.25) is 5.91 Å². The molecule has 1 amide bonds. The Labute approximate surface area is 195 Å². The molecule has 33 heavy (non-hydrogen) atoms. The van der Waals surface area contributed by atoms with E-state index in [0.717, 1.165) is 24.6 Å². The summed E-state index contributed by atoms with van der Waals surface area (Å²) in [5.74, 6) is -0.888. The molecule has 178 valence electrons. The van der Waals surface area contributed by atoms with Crippen LogP contribution in [0.5, 0.6) is 0 Å². The van der Waals surface area contributed by atoms with Crippen LogP contribution in [-0.4, -0.2) is 73.0 Å². The number of aromatic nitrogens is 2. The molecule has 2 aliphatic rings. The van der Waals surface area contributed by atoms with Gasteiger partial charge in [0, 0.05) is 12.6 Å². The van der Waals surface area contributed by atoms with Crippen LogP contribution in [0.25, 0.3) is 10.9 Å². The van der Waals surface area contributed by atoms with Gasteiger partial charge >= 0.3 is 5.97 Å². The third kappa shape index (κ3) is 5.56. The number of carbonyl (C=O) groups excluding carboxylic acids is 2. The summed E-state index contributed by atoms with van der Waals surface area (Å²) in [4.78, 5) is 42.2. The first-order valence-corrected chi connectivity index (χ1v) is 13.4. The number of methoxy groups -OCH3 is 1. The number of hydrogen-bond donors (Lipinski definition) is 1. The fraction of sp³-hybridized carbons (Fsp3) is 0.524. The van der Waals surface area contributed by atoms with Crippen molar-refractivity contribution >= 4 is 44.4 Å². The highest BCUT2D eigenvalue weighted by molar-refractivity contribution is 7.99. The maximum Gasteiger partial charge on any atom is 0.337 e. The van der Waals surface area contributed by atoms with Crippen LogP contribution < -0.4 is 10.9 Å². The first-order chi connectivity index (χ1) is 15.8. The Hall–Kier alpha value is -2.44. The van der Waals surface area contributed by atoms with Crippen LogP contribution in [0.15, 0.2) is 28.2 Å². The van der Waals surface area contributed by atoms with Gasteiger partial charge < -0.3 is 14.8 Å². The normalized spacial score (nSPS) is 21.8. The van der Waals surface area contributed by atoms with Gasteiger partial charge in [0.05, 0.1) is 53.5 Å². The molecule has 12 heteroatoms. The summed E-state index contributed by atoms with van der Waals surface area (Å²) in [5.41, 5.74) is 0.318. The zero-order valence-corrected chi connectivity index (χ0v) is 19.7. The average Bonchev–Trinajstić information content (AvgIpc) is 3.42. The largest absolute Gasteiger partial charge is 0.465 e. The zero-order chi connectivity index (χ0) is 23.6. The Bertz CT molecular complexity index is 1240. The number of fused-ring (bicyclic) bond motifs is 1. The van der Waals surface area contributed by atoms with E-state index >= 15 is 0 Å². The summed E-state index contributed by atoms with van der Waals surface area (Å²) in [6.07, 6.45) is 2.02. The number of nitrogens with one attached hydrogen (secondary N) is 1. The number of esters is 1. The fourth-order valence-electron chi connectivity index (χ4n) is 4.02. The highest BCUT2D eigenvalue weighted by atomic mass is 32.2. The van der Waals surface area contributed by atoms with Gasteiger partial charge in [-0.15, -0.1) is 0 Å². The lowest BCUT2D eigenvalue weighted by molar-refractivity contribution is -0.119. The van der Waals surface area contributed by atoms with E-state index in [0.29, 0.717) is 35.6 Å². The molecule has 0 bridgehead atoms. The molecule has 0 unspecified atom stereocenters. The fourth-order valence-corrected chi connectivity index (χ4v) is 6.51. The van der Waals surface area contributed by atoms with Gasteiger partial charge in [0.25, 0.3) is 5.56 Å². The number of thioether (sulfide) groups is 1. The molecule has 1 aromatic heterocycles. The molecule has 0 saturated carbocycles. The molecule has 1 N–H and O–H groups in total. The lowest BCUT2D eigenvalue weighted by Gasteiger charge is -2.17. The molecule has 2 aliphatic heterocycles. The molecule has 2 atom stereocenters. The van der Waals surface area contributed by atoms with E-state index in [2.05, 4.69) is 10.3 Å². The average molecular weight is 496 g/mol. The lowest BCUT2D eigenvalue weighted by atomic mass is 10.1. The molecule has 2 saturated heterocycles. The highest BCUT2D eigenvalue weighted by Gasteiger charge is 2.29. The van der Waals surface area contributed by atoms with Gasteiger partial charge in [-0.3, -0.25) is 14.2 Å². The number of benzene rings is 1. The van der Waals surface area contributed by atoms with Crippen LogP contribution in [0.1, 0.15) is 29.6 Å². The third-order valence-corrected chi connectivity index (χ3v) is 8.43. The SMILES string of the molecule is COC(=O)c1ccc2c(=O)n(C[C@H]3CCCO3)c(SCC(=O)N[C@H]3CCS(=O)(=O)C3)nc2c1. The van der Waals surface area contributed by atoms with Gasteiger partial charge in [-0.25, -0.2) is 18.2 Å². The summed E-state index contributed by atoms with van der Waals surface area (Å²) in [6.45, 7) is 0.948. The maximum absolute atomic E-state index is 13.3. The molecule has 0 spiro atoms. The Morgan fingerprint density at radius 1 is 1.33 bits per heavy atom. The van der Waals surface area contributed by atoms with E-state index in [1.807, 2.05) is 0 Å². The van der Waals surface area contributed by atoms with Crippen LogP contribution in [0.3, 0.4) is 0 Å². The molecule has 4 rings (SSSR count). The Balaban J connectivity index is 1.59. The van der Waals surface area contributed by atoms with Gasteiger partial charge in [0.15, 0.2) is 15.0 Å². The van der Waals surface area contributed by atoms with Crippen molar-refractivity contribution in [3.8, 4) is 0 Å². The lowest BCUT2D eigenvalue weighted by Crippen LogP contribution is -2.37. The van der Waals surface area contributed by atoms with Crippen LogP contribution in [0, 0.1) is 0 Å². The summed E-state index contributed by atoms with van der Waals surface area (Å²) in [5, 5.41) is 3.43. The van der Waals surface area contributed by atoms with Crippen molar-refractivity contribution in [3.05, 3.63) is 34.1 Å². The molecule has 2 aromatic rings. The zero-order valence-electron chi connectivity index (χ0n) is 18.1. The molecule has 1 aromatic carbocycles. The molecule has 2 fully saturated rings. The minimum absolute atomic E-state index is 0.0310. The molecular weight excluding hydrogens is 470 g/mol. The minimum atomic E-state index is -3.10. The van der Waals surface area contributed by atoms with Gasteiger partial charge in [0.1, 0.15) is 0 Å². The van der Waals surface area contributed by atoms with Crippen molar-refractivity contribution in [2.45, 2.75) is 43.1 Å². The van der Waals surface area contributed by atoms with Crippen molar-refractivity contribution < 1.29 is 27.5 Å². The van der Waals surface area contributed by atoms with Crippen molar-refractivity contribution in [2.24, 2.45) is 0 Å². The van der Waals surface area contributed by atoms with E-state index in [-0.39, 0.29) is 40.4 Å². The summed E-state index contributed by atoms with van der Waals surface area (Å²) in [7, 11) is -1.83. The number of sulfone groups is 1.